The molecular weight excluding hydrogens is 1050 g/mol. The van der Waals surface area contributed by atoms with Crippen molar-refractivity contribution in [1.82, 2.24) is 0 Å². The summed E-state index contributed by atoms with van der Waals surface area (Å²) >= 11 is 14.0. The fourth-order valence-electron chi connectivity index (χ4n) is 6.06. The first-order valence-corrected chi connectivity index (χ1v) is 22.6. The van der Waals surface area contributed by atoms with Gasteiger partial charge in [0.2, 0.25) is 0 Å². The molecule has 62 heavy (non-hydrogen) atoms. The molecular formula is C50H40Br4O8. The second-order valence-electron chi connectivity index (χ2n) is 14.0. The van der Waals surface area contributed by atoms with Crippen molar-refractivity contribution in [2.75, 3.05) is 7.11 Å². The molecule has 0 heterocycles. The third kappa shape index (κ3) is 13.9. The number of ether oxygens (including phenoxy) is 7. The Balaban J connectivity index is 1.08. The zero-order valence-corrected chi connectivity index (χ0v) is 39.8. The van der Waals surface area contributed by atoms with Gasteiger partial charge in [-0.05, 0) is 118 Å². The standard InChI is InChI=1S/C50H40Br4O8/c1-56-50(55)39-22-48(61-31-37-18-44(57-27-33-2-10-40(51)11-3-33)24-45(19-37)58-28-34-4-12-41(52)13-5-34)26-49(23-39)62-32-38-20-46(59-29-35-6-14-42(53)15-7-35)25-47(21-38)60-30-36-8-16-43(54)17-9-36/h2-26H,27-32H2,1H3. The lowest BCUT2D eigenvalue weighted by atomic mass is 10.1. The maximum atomic E-state index is 12.9. The molecule has 0 aromatic heterocycles. The Morgan fingerprint density at radius 2 is 0.565 bits per heavy atom. The number of halogens is 4. The van der Waals surface area contributed by atoms with E-state index in [1.54, 1.807) is 18.2 Å². The fraction of sp³-hybridized carbons (Fsp3) is 0.140. The quantitative estimate of drug-likeness (QED) is 0.0741. The van der Waals surface area contributed by atoms with Crippen LogP contribution in [0.4, 0.5) is 0 Å². The Kier molecular flexibility index (Phi) is 16.0. The van der Waals surface area contributed by atoms with Gasteiger partial charge in [-0.1, -0.05) is 112 Å². The number of esters is 1. The van der Waals surface area contributed by atoms with Crippen LogP contribution in [0.15, 0.2) is 170 Å². The maximum Gasteiger partial charge on any atom is 0.338 e. The lowest BCUT2D eigenvalue weighted by molar-refractivity contribution is 0.0599. The van der Waals surface area contributed by atoms with Crippen molar-refractivity contribution >= 4 is 69.7 Å². The van der Waals surface area contributed by atoms with Crippen molar-refractivity contribution in [3.05, 3.63) is 208 Å². The van der Waals surface area contributed by atoms with Crippen molar-refractivity contribution in [2.24, 2.45) is 0 Å². The van der Waals surface area contributed by atoms with Gasteiger partial charge >= 0.3 is 5.97 Å². The smallest absolute Gasteiger partial charge is 0.338 e. The SMILES string of the molecule is COC(=O)c1cc(OCc2cc(OCc3ccc(Br)cc3)cc(OCc3ccc(Br)cc3)c2)cc(OCc2cc(OCc3ccc(Br)cc3)cc(OCc3ccc(Br)cc3)c2)c1. The van der Waals surface area contributed by atoms with Crippen LogP contribution in [-0.4, -0.2) is 13.1 Å². The summed E-state index contributed by atoms with van der Waals surface area (Å²) in [5.41, 5.74) is 5.94. The van der Waals surface area contributed by atoms with Gasteiger partial charge in [0.25, 0.3) is 0 Å². The molecule has 8 nitrogen and oxygen atoms in total. The summed E-state index contributed by atoms with van der Waals surface area (Å²) in [4.78, 5) is 12.9. The number of rotatable bonds is 19. The van der Waals surface area contributed by atoms with Crippen molar-refractivity contribution in [1.29, 1.82) is 0 Å². The monoisotopic (exact) mass is 1080 g/mol. The topological polar surface area (TPSA) is 81.7 Å². The van der Waals surface area contributed by atoms with Gasteiger partial charge in [-0.2, -0.15) is 0 Å². The first-order chi connectivity index (χ1) is 30.1. The summed E-state index contributed by atoms with van der Waals surface area (Å²) in [6.45, 7) is 1.75. The molecule has 0 unspecified atom stereocenters. The lowest BCUT2D eigenvalue weighted by Gasteiger charge is -2.15. The Morgan fingerprint density at radius 1 is 0.339 bits per heavy atom. The Labute approximate surface area is 394 Å². The van der Waals surface area contributed by atoms with E-state index in [4.69, 9.17) is 33.2 Å². The minimum absolute atomic E-state index is 0.144. The summed E-state index contributed by atoms with van der Waals surface area (Å²) in [6.07, 6.45) is 0. The third-order valence-electron chi connectivity index (χ3n) is 9.27. The van der Waals surface area contributed by atoms with Crippen LogP contribution in [0, 0.1) is 0 Å². The van der Waals surface area contributed by atoms with E-state index in [1.807, 2.05) is 133 Å². The van der Waals surface area contributed by atoms with Crippen LogP contribution in [0.5, 0.6) is 34.5 Å². The highest BCUT2D eigenvalue weighted by Gasteiger charge is 2.14. The van der Waals surface area contributed by atoms with Crippen molar-refractivity contribution in [2.45, 2.75) is 39.6 Å². The third-order valence-corrected chi connectivity index (χ3v) is 11.4. The molecule has 0 aliphatic heterocycles. The number of hydrogen-bond donors (Lipinski definition) is 0. The molecule has 0 atom stereocenters. The van der Waals surface area contributed by atoms with Gasteiger partial charge in [0.05, 0.1) is 12.7 Å². The molecule has 0 N–H and O–H groups in total. The van der Waals surface area contributed by atoms with Gasteiger partial charge in [0.15, 0.2) is 0 Å². The highest BCUT2D eigenvalue weighted by molar-refractivity contribution is 9.11. The molecule has 0 aliphatic rings. The number of carbonyl (C=O) groups excluding carboxylic acids is 1. The van der Waals surface area contributed by atoms with Crippen LogP contribution < -0.4 is 28.4 Å². The lowest BCUT2D eigenvalue weighted by Crippen LogP contribution is -2.05. The molecule has 0 aliphatic carbocycles. The zero-order chi connectivity index (χ0) is 43.3. The Bertz CT molecular complexity index is 2260. The van der Waals surface area contributed by atoms with Gasteiger partial charge in [0.1, 0.15) is 74.1 Å². The summed E-state index contributed by atoms with van der Waals surface area (Å²) in [5, 5.41) is 0. The Morgan fingerprint density at radius 3 is 0.806 bits per heavy atom. The molecule has 12 heteroatoms. The van der Waals surface area contributed by atoms with Gasteiger partial charge in [-0.15, -0.1) is 0 Å². The molecule has 7 rings (SSSR count). The molecule has 316 valence electrons. The van der Waals surface area contributed by atoms with Crippen LogP contribution in [0.3, 0.4) is 0 Å². The molecule has 0 radical (unpaired) electrons. The van der Waals surface area contributed by atoms with Crippen molar-refractivity contribution in [3.63, 3.8) is 0 Å². The van der Waals surface area contributed by atoms with Crippen LogP contribution in [0.25, 0.3) is 0 Å². The van der Waals surface area contributed by atoms with Gasteiger partial charge in [0, 0.05) is 36.1 Å². The predicted octanol–water partition coefficient (Wildman–Crippen LogP) is 14.0. The molecule has 0 bridgehead atoms. The second kappa shape index (κ2) is 22.2. The normalized spacial score (nSPS) is 10.8. The first kappa shape index (κ1) is 44.8. The van der Waals surface area contributed by atoms with E-state index in [2.05, 4.69) is 63.7 Å². The largest absolute Gasteiger partial charge is 0.489 e. The number of hydrogen-bond acceptors (Lipinski definition) is 8. The predicted molar refractivity (Wildman–Crippen MR) is 253 cm³/mol. The van der Waals surface area contributed by atoms with Crippen molar-refractivity contribution < 1.29 is 38.0 Å². The highest BCUT2D eigenvalue weighted by atomic mass is 79.9. The molecule has 7 aromatic carbocycles. The molecule has 0 amide bonds. The number of methoxy groups -OCH3 is 1. The summed E-state index contributed by atoms with van der Waals surface area (Å²) in [6, 6.07) is 48.2. The summed E-state index contributed by atoms with van der Waals surface area (Å²) in [5.74, 6) is 2.77. The number of benzene rings is 7. The average Bonchev–Trinajstić information content (AvgIpc) is 3.29. The van der Waals surface area contributed by atoms with Gasteiger partial charge in [-0.3, -0.25) is 0 Å². The minimum atomic E-state index is -0.528. The van der Waals surface area contributed by atoms with Crippen LogP contribution in [0.1, 0.15) is 43.7 Å². The van der Waals surface area contributed by atoms with E-state index in [0.717, 1.165) is 51.3 Å². The average molecular weight is 1090 g/mol. The zero-order valence-electron chi connectivity index (χ0n) is 33.5. The van der Waals surface area contributed by atoms with E-state index in [1.165, 1.54) is 7.11 Å². The highest BCUT2D eigenvalue weighted by Crippen LogP contribution is 2.31. The summed E-state index contributed by atoms with van der Waals surface area (Å²) in [7, 11) is 1.33. The van der Waals surface area contributed by atoms with Crippen LogP contribution in [0.2, 0.25) is 0 Å². The molecule has 0 saturated heterocycles. The van der Waals surface area contributed by atoms with E-state index < -0.39 is 5.97 Å². The van der Waals surface area contributed by atoms with E-state index in [9.17, 15) is 4.79 Å². The minimum Gasteiger partial charge on any atom is -0.489 e. The first-order valence-electron chi connectivity index (χ1n) is 19.4. The van der Waals surface area contributed by atoms with Gasteiger partial charge in [-0.25, -0.2) is 4.79 Å². The van der Waals surface area contributed by atoms with E-state index in [0.29, 0.717) is 60.9 Å². The second-order valence-corrected chi connectivity index (χ2v) is 17.7. The fourth-order valence-corrected chi connectivity index (χ4v) is 7.12. The summed E-state index contributed by atoms with van der Waals surface area (Å²) < 4.78 is 46.6. The van der Waals surface area contributed by atoms with E-state index >= 15 is 0 Å². The number of carbonyl (C=O) groups is 1. The maximum absolute atomic E-state index is 12.9. The van der Waals surface area contributed by atoms with Gasteiger partial charge < -0.3 is 33.2 Å². The van der Waals surface area contributed by atoms with E-state index in [-0.39, 0.29) is 18.8 Å². The molecule has 7 aromatic rings. The van der Waals surface area contributed by atoms with Crippen LogP contribution in [-0.2, 0) is 44.4 Å². The molecule has 0 spiro atoms. The Hall–Kier alpha value is -5.27. The molecule has 0 fully saturated rings. The molecule has 0 saturated carbocycles. The van der Waals surface area contributed by atoms with Crippen molar-refractivity contribution in [3.8, 4) is 34.5 Å². The van der Waals surface area contributed by atoms with Crippen LogP contribution >= 0.6 is 63.7 Å².